The van der Waals surface area contributed by atoms with Crippen LogP contribution < -0.4 is 20.7 Å². The minimum Gasteiger partial charge on any atom is -0.480 e. The summed E-state index contributed by atoms with van der Waals surface area (Å²) in [5.41, 5.74) is 1.95. The molecule has 1 atom stereocenters. The fourth-order valence-corrected chi connectivity index (χ4v) is 2.33. The van der Waals surface area contributed by atoms with Crippen molar-refractivity contribution in [3.63, 3.8) is 0 Å². The molecule has 2 aromatic rings. The van der Waals surface area contributed by atoms with Crippen LogP contribution in [0.15, 0.2) is 30.7 Å². The highest BCUT2D eigenvalue weighted by atomic mass is 31.0. The zero-order valence-electron chi connectivity index (χ0n) is 12.2. The van der Waals surface area contributed by atoms with Gasteiger partial charge in [-0.25, -0.2) is 9.97 Å². The van der Waals surface area contributed by atoms with Gasteiger partial charge in [-0.15, -0.1) is 9.24 Å². The van der Waals surface area contributed by atoms with E-state index >= 15 is 0 Å². The molecule has 114 valence electrons. The molecule has 1 aliphatic carbocycles. The molecule has 0 spiro atoms. The Kier molecular flexibility index (Phi) is 4.20. The van der Waals surface area contributed by atoms with Crippen LogP contribution in [0.3, 0.4) is 0 Å². The molecule has 0 saturated heterocycles. The van der Waals surface area contributed by atoms with E-state index in [0.717, 1.165) is 29.5 Å². The molecular weight excluding hydrogens is 299 g/mol. The van der Waals surface area contributed by atoms with Gasteiger partial charge in [0, 0.05) is 12.2 Å². The van der Waals surface area contributed by atoms with Gasteiger partial charge in [0.2, 0.25) is 5.88 Å². The van der Waals surface area contributed by atoms with Gasteiger partial charge in [-0.3, -0.25) is 4.79 Å². The van der Waals surface area contributed by atoms with Gasteiger partial charge in [0.15, 0.2) is 0 Å². The van der Waals surface area contributed by atoms with Gasteiger partial charge >= 0.3 is 0 Å². The van der Waals surface area contributed by atoms with Crippen molar-refractivity contribution in [2.45, 2.75) is 18.9 Å². The first kappa shape index (κ1) is 14.7. The lowest BCUT2D eigenvalue weighted by atomic mass is 10.2. The van der Waals surface area contributed by atoms with Crippen LogP contribution in [0.5, 0.6) is 5.88 Å². The van der Waals surface area contributed by atoms with E-state index in [1.54, 1.807) is 0 Å². The molecule has 1 fully saturated rings. The van der Waals surface area contributed by atoms with Crippen molar-refractivity contribution in [3.8, 4) is 5.88 Å². The van der Waals surface area contributed by atoms with Gasteiger partial charge in [0.05, 0.1) is 18.5 Å². The first-order valence-electron chi connectivity index (χ1n) is 6.99. The van der Waals surface area contributed by atoms with Crippen molar-refractivity contribution in [1.29, 1.82) is 0 Å². The number of methoxy groups -OCH3 is 1. The molecule has 2 N–H and O–H groups in total. The van der Waals surface area contributed by atoms with Crippen molar-refractivity contribution < 1.29 is 9.53 Å². The van der Waals surface area contributed by atoms with E-state index in [-0.39, 0.29) is 11.8 Å². The Morgan fingerprint density at radius 2 is 2.18 bits per heavy atom. The molecule has 1 aliphatic rings. The molecule has 0 radical (unpaired) electrons. The molecule has 1 unspecified atom stereocenters. The number of aromatic nitrogens is 2. The third-order valence-corrected chi connectivity index (χ3v) is 3.70. The van der Waals surface area contributed by atoms with Gasteiger partial charge in [-0.1, -0.05) is 6.07 Å². The standard InChI is InChI=1S/C15H17N4O2P/c1-21-15-11(7-16-8-17-15)14(20)19-12-5-4-10(22)6-13(12)18-9-2-3-9/h4-9,18H,2-3,22H2,1H3,(H,19,20). The predicted molar refractivity (Wildman–Crippen MR) is 89.0 cm³/mol. The van der Waals surface area contributed by atoms with E-state index in [4.69, 9.17) is 4.74 Å². The van der Waals surface area contributed by atoms with Crippen LogP contribution in [0, 0.1) is 0 Å². The maximum atomic E-state index is 12.4. The van der Waals surface area contributed by atoms with Crippen LogP contribution in [-0.2, 0) is 0 Å². The van der Waals surface area contributed by atoms with Crippen molar-refractivity contribution in [2.75, 3.05) is 17.7 Å². The average Bonchev–Trinajstić information content (AvgIpc) is 3.34. The number of anilines is 2. The van der Waals surface area contributed by atoms with Gasteiger partial charge < -0.3 is 15.4 Å². The van der Waals surface area contributed by atoms with Gasteiger partial charge in [0.1, 0.15) is 11.9 Å². The van der Waals surface area contributed by atoms with Gasteiger partial charge in [-0.05, 0) is 30.3 Å². The topological polar surface area (TPSA) is 76.1 Å². The number of amides is 1. The van der Waals surface area contributed by atoms with E-state index in [1.807, 2.05) is 18.2 Å². The molecule has 6 nitrogen and oxygen atoms in total. The summed E-state index contributed by atoms with van der Waals surface area (Å²) in [5.74, 6) is -0.0420. The van der Waals surface area contributed by atoms with Crippen LogP contribution in [-0.4, -0.2) is 29.0 Å². The number of carbonyl (C=O) groups excluding carboxylic acids is 1. The second-order valence-electron chi connectivity index (χ2n) is 5.12. The molecule has 3 rings (SSSR count). The Hall–Kier alpha value is -2.20. The van der Waals surface area contributed by atoms with Crippen LogP contribution in [0.2, 0.25) is 0 Å². The summed E-state index contributed by atoms with van der Waals surface area (Å²) in [6.45, 7) is 0. The number of benzene rings is 1. The second kappa shape index (κ2) is 6.28. The molecule has 1 aromatic heterocycles. The van der Waals surface area contributed by atoms with Crippen molar-refractivity contribution in [1.82, 2.24) is 9.97 Å². The van der Waals surface area contributed by atoms with E-state index in [9.17, 15) is 4.79 Å². The van der Waals surface area contributed by atoms with E-state index in [0.29, 0.717) is 11.6 Å². The lowest BCUT2D eigenvalue weighted by Crippen LogP contribution is -2.16. The smallest absolute Gasteiger partial charge is 0.262 e. The SMILES string of the molecule is COc1ncncc1C(=O)Nc1ccc(P)cc1NC1CC1. The van der Waals surface area contributed by atoms with Crippen molar-refractivity contribution in [3.05, 3.63) is 36.3 Å². The van der Waals surface area contributed by atoms with Crippen molar-refractivity contribution >= 4 is 31.8 Å². The summed E-state index contributed by atoms with van der Waals surface area (Å²) >= 11 is 0. The van der Waals surface area contributed by atoms with E-state index in [2.05, 4.69) is 29.8 Å². The quantitative estimate of drug-likeness (QED) is 0.823. The number of hydrogen-bond donors (Lipinski definition) is 2. The van der Waals surface area contributed by atoms with Crippen LogP contribution >= 0.6 is 9.24 Å². The van der Waals surface area contributed by atoms with E-state index < -0.39 is 0 Å². The van der Waals surface area contributed by atoms with Crippen molar-refractivity contribution in [2.24, 2.45) is 0 Å². The zero-order chi connectivity index (χ0) is 15.5. The lowest BCUT2D eigenvalue weighted by Gasteiger charge is -2.14. The molecule has 22 heavy (non-hydrogen) atoms. The lowest BCUT2D eigenvalue weighted by molar-refractivity contribution is 0.102. The minimum atomic E-state index is -0.298. The number of nitrogens with zero attached hydrogens (tertiary/aromatic N) is 2. The highest BCUT2D eigenvalue weighted by molar-refractivity contribution is 7.27. The fourth-order valence-electron chi connectivity index (χ4n) is 2.06. The maximum absolute atomic E-state index is 12.4. The Bertz CT molecular complexity index is 704. The molecule has 1 amide bonds. The molecule has 1 aromatic carbocycles. The molecule has 7 heteroatoms. The summed E-state index contributed by atoms with van der Waals surface area (Å²) in [7, 11) is 4.13. The number of ether oxygens (including phenoxy) is 1. The Balaban J connectivity index is 1.84. The van der Waals surface area contributed by atoms with Crippen LogP contribution in [0.25, 0.3) is 0 Å². The summed E-state index contributed by atoms with van der Waals surface area (Å²) in [6.07, 6.45) is 5.11. The van der Waals surface area contributed by atoms with Gasteiger partial charge in [0.25, 0.3) is 5.91 Å². The Morgan fingerprint density at radius 3 is 2.91 bits per heavy atom. The average molecular weight is 316 g/mol. The monoisotopic (exact) mass is 316 g/mol. The summed E-state index contributed by atoms with van der Waals surface area (Å²) in [6, 6.07) is 6.30. The molecule has 0 aliphatic heterocycles. The zero-order valence-corrected chi connectivity index (χ0v) is 13.3. The highest BCUT2D eigenvalue weighted by Gasteiger charge is 2.23. The number of carbonyl (C=O) groups is 1. The highest BCUT2D eigenvalue weighted by Crippen LogP contribution is 2.29. The normalized spacial score (nSPS) is 13.5. The summed E-state index contributed by atoms with van der Waals surface area (Å²) < 4.78 is 5.10. The molecule has 0 bridgehead atoms. The number of rotatable bonds is 5. The third kappa shape index (κ3) is 3.34. The summed E-state index contributed by atoms with van der Waals surface area (Å²) in [5, 5.41) is 7.37. The number of hydrogen-bond acceptors (Lipinski definition) is 5. The van der Waals surface area contributed by atoms with Gasteiger partial charge in [-0.2, -0.15) is 0 Å². The fraction of sp³-hybridized carbons (Fsp3) is 0.267. The Morgan fingerprint density at radius 1 is 1.36 bits per heavy atom. The molecule has 1 heterocycles. The van der Waals surface area contributed by atoms with Crippen LogP contribution in [0.1, 0.15) is 23.2 Å². The third-order valence-electron chi connectivity index (χ3n) is 3.34. The van der Waals surface area contributed by atoms with E-state index in [1.165, 1.54) is 19.6 Å². The summed E-state index contributed by atoms with van der Waals surface area (Å²) in [4.78, 5) is 20.2. The first-order valence-corrected chi connectivity index (χ1v) is 7.56. The molecular formula is C15H17N4O2P. The largest absolute Gasteiger partial charge is 0.480 e. The maximum Gasteiger partial charge on any atom is 0.262 e. The predicted octanol–water partition coefficient (Wildman–Crippen LogP) is 1.81. The number of nitrogens with one attached hydrogen (secondary N) is 2. The molecule has 1 saturated carbocycles. The second-order valence-corrected chi connectivity index (χ2v) is 5.79. The minimum absolute atomic E-state index is 0.256. The Labute approximate surface area is 130 Å². The first-order chi connectivity index (χ1) is 10.7. The van der Waals surface area contributed by atoms with Crippen LogP contribution in [0.4, 0.5) is 11.4 Å².